The number of hydrogen-bond donors (Lipinski definition) is 1. The number of ether oxygens (including phenoxy) is 1. The van der Waals surface area contributed by atoms with E-state index in [1.54, 1.807) is 0 Å². The Morgan fingerprint density at radius 3 is 2.53 bits per heavy atom. The highest BCUT2D eigenvalue weighted by Crippen LogP contribution is 2.33. The Morgan fingerprint density at radius 2 is 1.88 bits per heavy atom. The van der Waals surface area contributed by atoms with Gasteiger partial charge in [-0.1, -0.05) is 18.2 Å². The van der Waals surface area contributed by atoms with E-state index >= 15 is 0 Å². The molecule has 2 heterocycles. The molecular weight excluding hydrogens is 214 g/mol. The molecule has 2 aliphatic heterocycles. The van der Waals surface area contributed by atoms with Crippen molar-refractivity contribution in [3.63, 3.8) is 0 Å². The number of aliphatic hydroxyl groups excluding tert-OH is 1. The first-order valence-electron chi connectivity index (χ1n) is 6.41. The second-order valence-electron chi connectivity index (χ2n) is 5.10. The zero-order valence-corrected chi connectivity index (χ0v) is 10.2. The van der Waals surface area contributed by atoms with Gasteiger partial charge < -0.3 is 14.7 Å². The number of nitrogens with zero attached hydrogens (tertiary/aromatic N) is 1. The van der Waals surface area contributed by atoms with Gasteiger partial charge in [0.05, 0.1) is 18.3 Å². The van der Waals surface area contributed by atoms with Gasteiger partial charge in [0.1, 0.15) is 0 Å². The highest BCUT2D eigenvalue weighted by atomic mass is 16.5. The molecule has 92 valence electrons. The Morgan fingerprint density at radius 1 is 1.24 bits per heavy atom. The summed E-state index contributed by atoms with van der Waals surface area (Å²) in [5.41, 5.74) is 2.19. The summed E-state index contributed by atoms with van der Waals surface area (Å²) in [7, 11) is 0. The van der Waals surface area contributed by atoms with E-state index in [1.165, 1.54) is 18.5 Å². The van der Waals surface area contributed by atoms with Crippen molar-refractivity contribution in [3.05, 3.63) is 29.8 Å². The van der Waals surface area contributed by atoms with Crippen molar-refractivity contribution >= 4 is 5.69 Å². The number of anilines is 1. The van der Waals surface area contributed by atoms with E-state index in [2.05, 4.69) is 11.0 Å². The molecule has 2 unspecified atom stereocenters. The number of aliphatic hydroxyl groups is 1. The van der Waals surface area contributed by atoms with Gasteiger partial charge in [0, 0.05) is 24.3 Å². The minimum absolute atomic E-state index is 0.385. The summed E-state index contributed by atoms with van der Waals surface area (Å²) in [5, 5.41) is 9.82. The molecule has 0 amide bonds. The Labute approximate surface area is 102 Å². The topological polar surface area (TPSA) is 32.7 Å². The van der Waals surface area contributed by atoms with E-state index in [9.17, 15) is 5.11 Å². The Hall–Kier alpha value is -1.06. The lowest BCUT2D eigenvalue weighted by molar-refractivity contribution is 0.0303. The van der Waals surface area contributed by atoms with Crippen molar-refractivity contribution < 1.29 is 9.84 Å². The van der Waals surface area contributed by atoms with Crippen molar-refractivity contribution in [1.82, 2.24) is 0 Å². The molecule has 2 aliphatic rings. The van der Waals surface area contributed by atoms with E-state index in [0.717, 1.165) is 18.7 Å². The Bertz CT molecular complexity index is 393. The van der Waals surface area contributed by atoms with Crippen molar-refractivity contribution in [2.24, 2.45) is 0 Å². The van der Waals surface area contributed by atoms with Crippen LogP contribution in [0.1, 0.15) is 31.4 Å². The predicted molar refractivity (Wildman–Crippen MR) is 67.2 cm³/mol. The molecule has 0 radical (unpaired) electrons. The molecule has 1 aromatic rings. The van der Waals surface area contributed by atoms with E-state index < -0.39 is 6.10 Å². The lowest BCUT2D eigenvalue weighted by Crippen LogP contribution is -2.43. The van der Waals surface area contributed by atoms with Gasteiger partial charge in [0.25, 0.3) is 0 Å². The SMILES string of the molecule is C[C@@H](O)c1ccccc1N1CC2CCC(C1)O2. The average Bonchev–Trinajstić information content (AvgIpc) is 2.68. The first kappa shape index (κ1) is 11.1. The normalized spacial score (nSPS) is 29.4. The van der Waals surface area contributed by atoms with E-state index in [4.69, 9.17) is 4.74 Å². The zero-order chi connectivity index (χ0) is 11.8. The average molecular weight is 233 g/mol. The van der Waals surface area contributed by atoms with Crippen LogP contribution in [0.25, 0.3) is 0 Å². The summed E-state index contributed by atoms with van der Waals surface area (Å²) >= 11 is 0. The van der Waals surface area contributed by atoms with Gasteiger partial charge in [-0.15, -0.1) is 0 Å². The summed E-state index contributed by atoms with van der Waals surface area (Å²) < 4.78 is 5.85. The molecule has 1 aromatic carbocycles. The van der Waals surface area contributed by atoms with Gasteiger partial charge in [0.2, 0.25) is 0 Å². The van der Waals surface area contributed by atoms with Gasteiger partial charge in [-0.3, -0.25) is 0 Å². The monoisotopic (exact) mass is 233 g/mol. The molecule has 2 fully saturated rings. The van der Waals surface area contributed by atoms with E-state index in [0.29, 0.717) is 12.2 Å². The number of hydrogen-bond acceptors (Lipinski definition) is 3. The van der Waals surface area contributed by atoms with E-state index in [-0.39, 0.29) is 0 Å². The van der Waals surface area contributed by atoms with Crippen LogP contribution in [0, 0.1) is 0 Å². The van der Waals surface area contributed by atoms with Crippen LogP contribution in [0.2, 0.25) is 0 Å². The van der Waals surface area contributed by atoms with Crippen LogP contribution in [-0.4, -0.2) is 30.4 Å². The molecule has 1 N–H and O–H groups in total. The largest absolute Gasteiger partial charge is 0.389 e. The summed E-state index contributed by atoms with van der Waals surface area (Å²) in [6.45, 7) is 3.74. The number of fused-ring (bicyclic) bond motifs is 2. The molecule has 2 bridgehead atoms. The molecular formula is C14H19NO2. The van der Waals surface area contributed by atoms with Crippen molar-refractivity contribution in [1.29, 1.82) is 0 Å². The first-order chi connectivity index (χ1) is 8.24. The number of benzene rings is 1. The Kier molecular flexibility index (Phi) is 2.81. The fourth-order valence-electron chi connectivity index (χ4n) is 2.94. The maximum atomic E-state index is 9.82. The minimum Gasteiger partial charge on any atom is -0.389 e. The van der Waals surface area contributed by atoms with Crippen LogP contribution < -0.4 is 4.90 Å². The van der Waals surface area contributed by atoms with Crippen LogP contribution in [0.15, 0.2) is 24.3 Å². The lowest BCUT2D eigenvalue weighted by atomic mass is 10.1. The van der Waals surface area contributed by atoms with Gasteiger partial charge >= 0.3 is 0 Å². The third-order valence-corrected chi connectivity index (χ3v) is 3.77. The predicted octanol–water partition coefficient (Wildman–Crippen LogP) is 2.11. The standard InChI is InChI=1S/C14H19NO2/c1-10(16)13-4-2-3-5-14(13)15-8-11-6-7-12(9-15)17-11/h2-5,10-12,16H,6-9H2,1H3/t10-,11?,12?/m1/s1. The lowest BCUT2D eigenvalue weighted by Gasteiger charge is -2.35. The second kappa shape index (κ2) is 4.31. The second-order valence-corrected chi connectivity index (χ2v) is 5.10. The zero-order valence-electron chi connectivity index (χ0n) is 10.2. The van der Waals surface area contributed by atoms with Crippen molar-refractivity contribution in [2.45, 2.75) is 38.1 Å². The molecule has 3 atom stereocenters. The first-order valence-corrected chi connectivity index (χ1v) is 6.41. The fraction of sp³-hybridized carbons (Fsp3) is 0.571. The van der Waals surface area contributed by atoms with Crippen LogP contribution in [0.4, 0.5) is 5.69 Å². The third-order valence-electron chi connectivity index (χ3n) is 3.77. The van der Waals surface area contributed by atoms with Gasteiger partial charge in [-0.05, 0) is 25.8 Å². The highest BCUT2D eigenvalue weighted by molar-refractivity contribution is 5.55. The maximum absolute atomic E-state index is 9.82. The van der Waals surface area contributed by atoms with Crippen LogP contribution in [0.3, 0.4) is 0 Å². The molecule has 3 heteroatoms. The molecule has 0 aliphatic carbocycles. The molecule has 2 saturated heterocycles. The molecule has 3 nitrogen and oxygen atoms in total. The van der Waals surface area contributed by atoms with Gasteiger partial charge in [-0.25, -0.2) is 0 Å². The molecule has 0 aromatic heterocycles. The summed E-state index contributed by atoms with van der Waals surface area (Å²) in [4.78, 5) is 2.37. The molecule has 3 rings (SSSR count). The molecule has 0 saturated carbocycles. The van der Waals surface area contributed by atoms with Crippen LogP contribution in [0.5, 0.6) is 0 Å². The van der Waals surface area contributed by atoms with Crippen LogP contribution >= 0.6 is 0 Å². The van der Waals surface area contributed by atoms with Crippen LogP contribution in [-0.2, 0) is 4.74 Å². The fourth-order valence-corrected chi connectivity index (χ4v) is 2.94. The summed E-state index contributed by atoms with van der Waals surface area (Å²) in [6.07, 6.45) is 2.72. The third kappa shape index (κ3) is 2.05. The number of para-hydroxylation sites is 1. The van der Waals surface area contributed by atoms with Gasteiger partial charge in [0.15, 0.2) is 0 Å². The molecule has 17 heavy (non-hydrogen) atoms. The highest BCUT2D eigenvalue weighted by Gasteiger charge is 2.34. The minimum atomic E-state index is -0.410. The Balaban J connectivity index is 1.88. The van der Waals surface area contributed by atoms with Gasteiger partial charge in [-0.2, -0.15) is 0 Å². The maximum Gasteiger partial charge on any atom is 0.0781 e. The smallest absolute Gasteiger partial charge is 0.0781 e. The number of morpholine rings is 1. The van der Waals surface area contributed by atoms with Crippen molar-refractivity contribution in [2.75, 3.05) is 18.0 Å². The van der Waals surface area contributed by atoms with E-state index in [1.807, 2.05) is 25.1 Å². The summed E-state index contributed by atoms with van der Waals surface area (Å²) in [5.74, 6) is 0. The quantitative estimate of drug-likeness (QED) is 0.849. The number of rotatable bonds is 2. The molecule has 0 spiro atoms. The summed E-state index contributed by atoms with van der Waals surface area (Å²) in [6, 6.07) is 8.14. The van der Waals surface area contributed by atoms with Crippen molar-refractivity contribution in [3.8, 4) is 0 Å².